The molecule has 2 aliphatic rings. The number of hydrogen-bond donors (Lipinski definition) is 3. The predicted molar refractivity (Wildman–Crippen MR) is 125 cm³/mol. The van der Waals surface area contributed by atoms with E-state index >= 15 is 0 Å². The number of fused-ring (bicyclic) bond motifs is 2. The van der Waals surface area contributed by atoms with Gasteiger partial charge in [-0.3, -0.25) is 14.3 Å². The molecule has 34 heavy (non-hydrogen) atoms. The van der Waals surface area contributed by atoms with Gasteiger partial charge in [0.15, 0.2) is 0 Å². The molecule has 9 nitrogen and oxygen atoms in total. The number of H-pyrrole nitrogens is 1. The van der Waals surface area contributed by atoms with Gasteiger partial charge in [0, 0.05) is 28.6 Å². The standard InChI is InChI=1S/C24H22ClN5O4/c1-12-16(9-26-29-12)14-4-2-3-5-15(14)20-23(25)30-7-6-13(8-19(30)28-20)24(32)27-17-10-33-22-18(31)11-34-21(17)22/h2-9,17-18,21-22,31H,10-11H2,1H3,(H,26,29)(H,27,32)/t17-,18-,21-,22-/m1/s1. The molecule has 0 aliphatic carbocycles. The van der Waals surface area contributed by atoms with Gasteiger partial charge in [0.25, 0.3) is 5.91 Å². The lowest BCUT2D eigenvalue weighted by atomic mass is 9.99. The summed E-state index contributed by atoms with van der Waals surface area (Å²) in [5.41, 5.74) is 5.38. The number of aromatic nitrogens is 4. The maximum Gasteiger partial charge on any atom is 0.251 e. The Bertz CT molecular complexity index is 1400. The zero-order valence-corrected chi connectivity index (χ0v) is 19.0. The molecule has 2 saturated heterocycles. The molecule has 0 radical (unpaired) electrons. The number of ether oxygens (including phenoxy) is 2. The van der Waals surface area contributed by atoms with Gasteiger partial charge in [0.2, 0.25) is 0 Å². The number of aromatic amines is 1. The normalized spacial score (nSPS) is 24.0. The molecule has 3 N–H and O–H groups in total. The van der Waals surface area contributed by atoms with Crippen molar-refractivity contribution in [3.63, 3.8) is 0 Å². The van der Waals surface area contributed by atoms with E-state index in [1.807, 2.05) is 31.2 Å². The molecule has 174 valence electrons. The average molecular weight is 480 g/mol. The number of rotatable bonds is 4. The van der Waals surface area contributed by atoms with Crippen LogP contribution in [0.5, 0.6) is 0 Å². The largest absolute Gasteiger partial charge is 0.388 e. The second-order valence-corrected chi connectivity index (χ2v) is 8.95. The minimum atomic E-state index is -0.664. The first kappa shape index (κ1) is 21.3. The van der Waals surface area contributed by atoms with Crippen molar-refractivity contribution in [3.8, 4) is 22.4 Å². The maximum atomic E-state index is 13.0. The van der Waals surface area contributed by atoms with Crippen molar-refractivity contribution in [2.45, 2.75) is 31.3 Å². The molecule has 3 aromatic heterocycles. The maximum absolute atomic E-state index is 13.0. The van der Waals surface area contributed by atoms with Crippen LogP contribution in [-0.2, 0) is 9.47 Å². The smallest absolute Gasteiger partial charge is 0.251 e. The SMILES string of the molecule is Cc1[nH]ncc1-c1ccccc1-c1nc2cc(C(=O)N[C@@H]3CO[C@H]4[C@@H]3OC[C@H]4O)ccn2c1Cl. The fourth-order valence-corrected chi connectivity index (χ4v) is 5.02. The summed E-state index contributed by atoms with van der Waals surface area (Å²) in [6.45, 7) is 2.47. The van der Waals surface area contributed by atoms with E-state index in [2.05, 4.69) is 15.5 Å². The number of hydrogen-bond acceptors (Lipinski definition) is 6. The lowest BCUT2D eigenvalue weighted by molar-refractivity contribution is 0.0178. The Morgan fingerprint density at radius 3 is 2.76 bits per heavy atom. The number of carbonyl (C=O) groups excluding carboxylic acids is 1. The summed E-state index contributed by atoms with van der Waals surface area (Å²) >= 11 is 6.73. The summed E-state index contributed by atoms with van der Waals surface area (Å²) in [5.74, 6) is -0.267. The zero-order valence-electron chi connectivity index (χ0n) is 18.2. The van der Waals surface area contributed by atoms with Crippen molar-refractivity contribution in [1.29, 1.82) is 0 Å². The number of halogens is 1. The Morgan fingerprint density at radius 1 is 1.18 bits per heavy atom. The van der Waals surface area contributed by atoms with E-state index in [9.17, 15) is 9.90 Å². The van der Waals surface area contributed by atoms with E-state index in [1.165, 1.54) is 0 Å². The van der Waals surface area contributed by atoms with Crippen LogP contribution in [0.3, 0.4) is 0 Å². The van der Waals surface area contributed by atoms with Gasteiger partial charge in [0.05, 0.1) is 25.5 Å². The topological polar surface area (TPSA) is 114 Å². The Kier molecular flexibility index (Phi) is 5.14. The molecule has 1 amide bonds. The second kappa shape index (κ2) is 8.21. The van der Waals surface area contributed by atoms with Gasteiger partial charge in [-0.05, 0) is 24.6 Å². The Balaban J connectivity index is 1.32. The first-order valence-corrected chi connectivity index (χ1v) is 11.4. The molecule has 2 aliphatic heterocycles. The van der Waals surface area contributed by atoms with E-state index in [-0.39, 0.29) is 24.7 Å². The van der Waals surface area contributed by atoms with Crippen LogP contribution >= 0.6 is 11.6 Å². The molecule has 5 heterocycles. The van der Waals surface area contributed by atoms with Crippen LogP contribution in [0.2, 0.25) is 5.15 Å². The highest BCUT2D eigenvalue weighted by atomic mass is 35.5. The third-order valence-electron chi connectivity index (χ3n) is 6.48. The molecule has 2 fully saturated rings. The molecule has 1 aromatic carbocycles. The summed E-state index contributed by atoms with van der Waals surface area (Å²) in [6.07, 6.45) is 2.10. The number of nitrogens with one attached hydrogen (secondary N) is 2. The van der Waals surface area contributed by atoms with Gasteiger partial charge in [-0.25, -0.2) is 4.98 Å². The van der Waals surface area contributed by atoms with Crippen molar-refractivity contribution in [1.82, 2.24) is 24.9 Å². The minimum Gasteiger partial charge on any atom is -0.388 e. The zero-order chi connectivity index (χ0) is 23.4. The number of imidazole rings is 1. The van der Waals surface area contributed by atoms with Gasteiger partial charge in [-0.2, -0.15) is 5.10 Å². The molecular weight excluding hydrogens is 458 g/mol. The third kappa shape index (κ3) is 3.40. The van der Waals surface area contributed by atoms with E-state index in [1.54, 1.807) is 28.9 Å². The van der Waals surface area contributed by atoms with Gasteiger partial charge < -0.3 is 19.9 Å². The first-order chi connectivity index (χ1) is 16.5. The monoisotopic (exact) mass is 479 g/mol. The highest BCUT2D eigenvalue weighted by molar-refractivity contribution is 6.32. The molecule has 4 aromatic rings. The van der Waals surface area contributed by atoms with Gasteiger partial charge in [-0.1, -0.05) is 35.9 Å². The van der Waals surface area contributed by atoms with Crippen LogP contribution in [-0.4, -0.2) is 68.2 Å². The van der Waals surface area contributed by atoms with Crippen molar-refractivity contribution >= 4 is 23.2 Å². The third-order valence-corrected chi connectivity index (χ3v) is 6.84. The average Bonchev–Trinajstić information content (AvgIpc) is 3.61. The molecule has 0 saturated carbocycles. The van der Waals surface area contributed by atoms with Crippen LogP contribution in [0.4, 0.5) is 0 Å². The number of pyridine rings is 1. The first-order valence-electron chi connectivity index (χ1n) is 11.0. The number of carbonyl (C=O) groups is 1. The van der Waals surface area contributed by atoms with Crippen LogP contribution in [0.25, 0.3) is 28.0 Å². The number of nitrogens with zero attached hydrogens (tertiary/aromatic N) is 3. The number of aliphatic hydroxyl groups is 1. The summed E-state index contributed by atoms with van der Waals surface area (Å²) in [5, 5.41) is 20.4. The summed E-state index contributed by atoms with van der Waals surface area (Å²) in [6, 6.07) is 10.9. The van der Waals surface area contributed by atoms with Gasteiger partial charge in [-0.15, -0.1) is 0 Å². The number of aliphatic hydroxyl groups excluding tert-OH is 1. The highest BCUT2D eigenvalue weighted by Crippen LogP contribution is 2.36. The molecule has 6 rings (SSSR count). The molecule has 0 bridgehead atoms. The van der Waals surface area contributed by atoms with Crippen LogP contribution in [0, 0.1) is 6.92 Å². The molecule has 4 atom stereocenters. The fourth-order valence-electron chi connectivity index (χ4n) is 4.73. The van der Waals surface area contributed by atoms with E-state index in [0.29, 0.717) is 28.7 Å². The lowest BCUT2D eigenvalue weighted by Gasteiger charge is -2.17. The van der Waals surface area contributed by atoms with E-state index < -0.39 is 12.2 Å². The van der Waals surface area contributed by atoms with Gasteiger partial charge >= 0.3 is 0 Å². The van der Waals surface area contributed by atoms with Crippen LogP contribution in [0.1, 0.15) is 16.1 Å². The molecule has 10 heteroatoms. The quantitative estimate of drug-likeness (QED) is 0.414. The van der Waals surface area contributed by atoms with Crippen molar-refractivity contribution < 1.29 is 19.4 Å². The Morgan fingerprint density at radius 2 is 1.97 bits per heavy atom. The highest BCUT2D eigenvalue weighted by Gasteiger charge is 2.47. The fraction of sp³-hybridized carbons (Fsp3) is 0.292. The van der Waals surface area contributed by atoms with Crippen LogP contribution in [0.15, 0.2) is 48.8 Å². The minimum absolute atomic E-state index is 0.211. The molecule has 0 unspecified atom stereocenters. The van der Waals surface area contributed by atoms with Gasteiger partial charge in [0.1, 0.15) is 34.8 Å². The van der Waals surface area contributed by atoms with Crippen molar-refractivity contribution in [2.75, 3.05) is 13.2 Å². The van der Waals surface area contributed by atoms with E-state index in [4.69, 9.17) is 26.1 Å². The summed E-state index contributed by atoms with van der Waals surface area (Å²) in [7, 11) is 0. The second-order valence-electron chi connectivity index (χ2n) is 8.59. The summed E-state index contributed by atoms with van der Waals surface area (Å²) in [4.78, 5) is 17.7. The van der Waals surface area contributed by atoms with Crippen LogP contribution < -0.4 is 5.32 Å². The lowest BCUT2D eigenvalue weighted by Crippen LogP contribution is -2.44. The molecule has 0 spiro atoms. The summed E-state index contributed by atoms with van der Waals surface area (Å²) < 4.78 is 12.9. The Hall–Kier alpha value is -3.24. The number of aryl methyl sites for hydroxylation is 1. The predicted octanol–water partition coefficient (Wildman–Crippen LogP) is 2.61. The molecular formula is C24H22ClN5O4. The number of amides is 1. The van der Waals surface area contributed by atoms with Crippen molar-refractivity contribution in [3.05, 3.63) is 65.2 Å². The van der Waals surface area contributed by atoms with Crippen molar-refractivity contribution in [2.24, 2.45) is 0 Å². The van der Waals surface area contributed by atoms with E-state index in [0.717, 1.165) is 22.4 Å². The Labute approximate surface area is 199 Å². The number of benzene rings is 1.